The molecule has 0 fully saturated rings. The van der Waals surface area contributed by atoms with Gasteiger partial charge in [0.2, 0.25) is 0 Å². The molecule has 0 radical (unpaired) electrons. The van der Waals surface area contributed by atoms with E-state index in [9.17, 15) is 14.0 Å². The van der Waals surface area contributed by atoms with Crippen LogP contribution in [0.4, 0.5) is 4.39 Å². The van der Waals surface area contributed by atoms with Gasteiger partial charge in [0.25, 0.3) is 0 Å². The Morgan fingerprint density at radius 1 is 1.11 bits per heavy atom. The van der Waals surface area contributed by atoms with Crippen molar-refractivity contribution in [2.45, 2.75) is 0 Å². The van der Waals surface area contributed by atoms with Crippen LogP contribution in [0.5, 0.6) is 5.75 Å². The summed E-state index contributed by atoms with van der Waals surface area (Å²) < 4.78 is 18.0. The third-order valence-electron chi connectivity index (χ3n) is 2.31. The SMILES string of the molecule is O=Cc1ccccc1OC(=O)c1cccc(F)c1. The van der Waals surface area contributed by atoms with Gasteiger partial charge < -0.3 is 4.74 Å². The van der Waals surface area contributed by atoms with E-state index in [2.05, 4.69) is 0 Å². The second kappa shape index (κ2) is 5.23. The molecule has 0 aliphatic rings. The van der Waals surface area contributed by atoms with E-state index in [-0.39, 0.29) is 16.9 Å². The molecule has 2 aromatic rings. The lowest BCUT2D eigenvalue weighted by Gasteiger charge is -2.06. The molecule has 2 rings (SSSR count). The van der Waals surface area contributed by atoms with Crippen LogP contribution in [0.15, 0.2) is 48.5 Å². The number of carbonyl (C=O) groups is 2. The summed E-state index contributed by atoms with van der Waals surface area (Å²) in [5.41, 5.74) is 0.359. The lowest BCUT2D eigenvalue weighted by Crippen LogP contribution is -2.09. The fourth-order valence-corrected chi connectivity index (χ4v) is 1.45. The molecule has 0 aliphatic heterocycles. The number of ether oxygens (including phenoxy) is 1. The summed E-state index contributed by atoms with van der Waals surface area (Å²) in [5, 5.41) is 0. The molecule has 0 heterocycles. The van der Waals surface area contributed by atoms with Crippen molar-refractivity contribution < 1.29 is 18.7 Å². The first-order valence-electron chi connectivity index (χ1n) is 5.22. The number of para-hydroxylation sites is 1. The number of carbonyl (C=O) groups excluding carboxylic acids is 2. The molecule has 3 nitrogen and oxygen atoms in total. The minimum atomic E-state index is -0.705. The molecule has 18 heavy (non-hydrogen) atoms. The summed E-state index contributed by atoms with van der Waals surface area (Å²) in [6, 6.07) is 11.5. The van der Waals surface area contributed by atoms with Gasteiger partial charge in [-0.1, -0.05) is 18.2 Å². The van der Waals surface area contributed by atoms with Crippen LogP contribution in [-0.2, 0) is 0 Å². The quantitative estimate of drug-likeness (QED) is 0.473. The smallest absolute Gasteiger partial charge is 0.343 e. The van der Waals surface area contributed by atoms with Crippen LogP contribution in [0.3, 0.4) is 0 Å². The molecule has 90 valence electrons. The summed E-state index contributed by atoms with van der Waals surface area (Å²) in [5.74, 6) is -1.07. The first-order valence-corrected chi connectivity index (χ1v) is 5.22. The normalized spacial score (nSPS) is 9.83. The Bertz CT molecular complexity index is 593. The molecular formula is C14H9FO3. The number of halogens is 1. The molecule has 0 unspecified atom stereocenters. The van der Waals surface area contributed by atoms with Crippen LogP contribution in [0.2, 0.25) is 0 Å². The van der Waals surface area contributed by atoms with Gasteiger partial charge in [0.1, 0.15) is 11.6 Å². The molecule has 4 heteroatoms. The molecule has 0 aromatic heterocycles. The first-order chi connectivity index (χ1) is 8.70. The largest absolute Gasteiger partial charge is 0.422 e. The molecule has 0 N–H and O–H groups in total. The zero-order valence-corrected chi connectivity index (χ0v) is 9.30. The Morgan fingerprint density at radius 3 is 2.61 bits per heavy atom. The summed E-state index contributed by atoms with van der Waals surface area (Å²) >= 11 is 0. The van der Waals surface area contributed by atoms with Crippen LogP contribution in [0, 0.1) is 5.82 Å². The van der Waals surface area contributed by atoms with Gasteiger partial charge in [-0.3, -0.25) is 4.79 Å². The number of hydrogen-bond donors (Lipinski definition) is 0. The molecule has 0 saturated heterocycles. The highest BCUT2D eigenvalue weighted by molar-refractivity contribution is 5.92. The average Bonchev–Trinajstić information content (AvgIpc) is 2.39. The van der Waals surface area contributed by atoms with Crippen LogP contribution >= 0.6 is 0 Å². The first kappa shape index (κ1) is 12.0. The minimum Gasteiger partial charge on any atom is -0.422 e. The highest BCUT2D eigenvalue weighted by atomic mass is 19.1. The number of aldehydes is 1. The minimum absolute atomic E-state index is 0.0932. The van der Waals surface area contributed by atoms with Gasteiger partial charge in [0.05, 0.1) is 11.1 Å². The highest BCUT2D eigenvalue weighted by Crippen LogP contribution is 2.17. The van der Waals surface area contributed by atoms with Crippen molar-refractivity contribution in [3.8, 4) is 5.75 Å². The van der Waals surface area contributed by atoms with Crippen LogP contribution in [-0.4, -0.2) is 12.3 Å². The van der Waals surface area contributed by atoms with Crippen LogP contribution in [0.1, 0.15) is 20.7 Å². The Kier molecular flexibility index (Phi) is 3.48. The van der Waals surface area contributed by atoms with Crippen LogP contribution in [0.25, 0.3) is 0 Å². The second-order valence-corrected chi connectivity index (χ2v) is 3.56. The lowest BCUT2D eigenvalue weighted by molar-refractivity contribution is 0.0733. The molecule has 0 spiro atoms. The van der Waals surface area contributed by atoms with Crippen molar-refractivity contribution in [2.75, 3.05) is 0 Å². The van der Waals surface area contributed by atoms with Gasteiger partial charge >= 0.3 is 5.97 Å². The van der Waals surface area contributed by atoms with E-state index in [0.29, 0.717) is 6.29 Å². The third kappa shape index (κ3) is 2.60. The molecule has 0 amide bonds. The third-order valence-corrected chi connectivity index (χ3v) is 2.31. The molecular weight excluding hydrogens is 235 g/mol. The topological polar surface area (TPSA) is 43.4 Å². The van der Waals surface area contributed by atoms with Gasteiger partial charge in [-0.05, 0) is 30.3 Å². The summed E-state index contributed by atoms with van der Waals surface area (Å²) in [7, 11) is 0. The zero-order chi connectivity index (χ0) is 13.0. The number of rotatable bonds is 3. The van der Waals surface area contributed by atoms with Crippen molar-refractivity contribution in [1.82, 2.24) is 0 Å². The van der Waals surface area contributed by atoms with E-state index < -0.39 is 11.8 Å². The summed E-state index contributed by atoms with van der Waals surface area (Å²) in [6.45, 7) is 0. The van der Waals surface area contributed by atoms with Crippen molar-refractivity contribution in [1.29, 1.82) is 0 Å². The fourth-order valence-electron chi connectivity index (χ4n) is 1.45. The van der Waals surface area contributed by atoms with E-state index in [0.717, 1.165) is 6.07 Å². The van der Waals surface area contributed by atoms with Gasteiger partial charge in [-0.25, -0.2) is 9.18 Å². The van der Waals surface area contributed by atoms with E-state index >= 15 is 0 Å². The van der Waals surface area contributed by atoms with Crippen molar-refractivity contribution in [2.24, 2.45) is 0 Å². The number of benzene rings is 2. The maximum atomic E-state index is 12.9. The lowest BCUT2D eigenvalue weighted by atomic mass is 10.2. The van der Waals surface area contributed by atoms with Crippen molar-refractivity contribution in [3.63, 3.8) is 0 Å². The van der Waals surface area contributed by atoms with E-state index in [1.165, 1.54) is 30.3 Å². The van der Waals surface area contributed by atoms with Crippen molar-refractivity contribution in [3.05, 3.63) is 65.5 Å². The Morgan fingerprint density at radius 2 is 1.89 bits per heavy atom. The van der Waals surface area contributed by atoms with Crippen LogP contribution < -0.4 is 4.74 Å². The zero-order valence-electron chi connectivity index (χ0n) is 9.30. The maximum Gasteiger partial charge on any atom is 0.343 e. The maximum absolute atomic E-state index is 12.9. The van der Waals surface area contributed by atoms with Crippen molar-refractivity contribution >= 4 is 12.3 Å². The predicted octanol–water partition coefficient (Wildman–Crippen LogP) is 2.86. The highest BCUT2D eigenvalue weighted by Gasteiger charge is 2.11. The Labute approximate surface area is 103 Å². The standard InChI is InChI=1S/C14H9FO3/c15-12-6-3-5-10(8-12)14(17)18-13-7-2-1-4-11(13)9-16/h1-9H. The average molecular weight is 244 g/mol. The monoisotopic (exact) mass is 244 g/mol. The van der Waals surface area contributed by atoms with E-state index in [4.69, 9.17) is 4.74 Å². The molecule has 0 aliphatic carbocycles. The number of esters is 1. The van der Waals surface area contributed by atoms with E-state index in [1.807, 2.05) is 0 Å². The number of hydrogen-bond acceptors (Lipinski definition) is 3. The molecule has 0 bridgehead atoms. The molecule has 2 aromatic carbocycles. The Balaban J connectivity index is 2.24. The molecule has 0 saturated carbocycles. The van der Waals surface area contributed by atoms with E-state index in [1.54, 1.807) is 12.1 Å². The summed E-state index contributed by atoms with van der Waals surface area (Å²) in [4.78, 5) is 22.5. The van der Waals surface area contributed by atoms with Gasteiger partial charge in [-0.2, -0.15) is 0 Å². The Hall–Kier alpha value is -2.49. The van der Waals surface area contributed by atoms with Gasteiger partial charge in [0.15, 0.2) is 6.29 Å². The van der Waals surface area contributed by atoms with Gasteiger partial charge in [0, 0.05) is 0 Å². The predicted molar refractivity (Wildman–Crippen MR) is 63.2 cm³/mol. The molecule has 0 atom stereocenters. The second-order valence-electron chi connectivity index (χ2n) is 3.56. The fraction of sp³-hybridized carbons (Fsp3) is 0. The van der Waals surface area contributed by atoms with Gasteiger partial charge in [-0.15, -0.1) is 0 Å². The summed E-state index contributed by atoms with van der Waals surface area (Å²) in [6.07, 6.45) is 0.591.